The Morgan fingerprint density at radius 2 is 2.03 bits per heavy atom. The third-order valence-corrected chi connectivity index (χ3v) is 9.69. The van der Waals surface area contributed by atoms with Gasteiger partial charge < -0.3 is 14.8 Å². The van der Waals surface area contributed by atoms with Crippen LogP contribution >= 0.6 is 23.4 Å². The zero-order valence-corrected chi connectivity index (χ0v) is 22.4. The summed E-state index contributed by atoms with van der Waals surface area (Å²) in [5, 5.41) is 11.5. The molecule has 5 rings (SSSR count). The number of aromatic amines is 1. The van der Waals surface area contributed by atoms with Crippen LogP contribution in [0.15, 0.2) is 34.4 Å². The van der Waals surface area contributed by atoms with Crippen LogP contribution in [0.25, 0.3) is 10.9 Å². The molecule has 2 N–H and O–H groups in total. The Bertz CT molecular complexity index is 1330. The summed E-state index contributed by atoms with van der Waals surface area (Å²) in [6.45, 7) is 0.740. The number of aromatic nitrogens is 1. The van der Waals surface area contributed by atoms with Gasteiger partial charge in [0.25, 0.3) is 10.0 Å². The molecule has 11 nitrogen and oxygen atoms in total. The highest BCUT2D eigenvalue weighted by molar-refractivity contribution is 8.14. The minimum Gasteiger partial charge on any atom is -0.349 e. The number of fused-ring (bicyclic) bond motifs is 2. The number of piperazine rings is 1. The summed E-state index contributed by atoms with van der Waals surface area (Å²) in [6.07, 6.45) is 0.772. The number of nitrogens with zero attached hydrogens (tertiary/aromatic N) is 5. The summed E-state index contributed by atoms with van der Waals surface area (Å²) >= 11 is 7.64. The van der Waals surface area contributed by atoms with Crippen molar-refractivity contribution in [1.29, 1.82) is 0 Å². The van der Waals surface area contributed by atoms with Gasteiger partial charge >= 0.3 is 6.03 Å². The van der Waals surface area contributed by atoms with Crippen LogP contribution in [-0.2, 0) is 14.8 Å². The number of amides is 3. The second kappa shape index (κ2) is 9.86. The van der Waals surface area contributed by atoms with Crippen LogP contribution in [0.3, 0.4) is 0 Å². The second-order valence-electron chi connectivity index (χ2n) is 9.25. The number of hydrogen-bond donors (Lipinski definition) is 2. The smallest absolute Gasteiger partial charge is 0.340 e. The van der Waals surface area contributed by atoms with E-state index in [9.17, 15) is 18.0 Å². The van der Waals surface area contributed by atoms with Gasteiger partial charge in [0.05, 0.1) is 12.1 Å². The molecule has 194 valence electrons. The number of halogens is 1. The van der Waals surface area contributed by atoms with Gasteiger partial charge in [0.15, 0.2) is 0 Å². The van der Waals surface area contributed by atoms with Crippen molar-refractivity contribution in [3.05, 3.63) is 29.3 Å². The Balaban J connectivity index is 1.39. The number of hydrogen-bond acceptors (Lipinski definition) is 7. The molecule has 2 saturated heterocycles. The fraction of sp³-hybridized carbons (Fsp3) is 0.500. The molecule has 0 bridgehead atoms. The maximum atomic E-state index is 13.5. The Morgan fingerprint density at radius 1 is 1.22 bits per heavy atom. The zero-order chi connectivity index (χ0) is 25.6. The summed E-state index contributed by atoms with van der Waals surface area (Å²) < 4.78 is 28.4. The lowest BCUT2D eigenvalue weighted by molar-refractivity contribution is -0.130. The third kappa shape index (κ3) is 4.82. The van der Waals surface area contributed by atoms with E-state index in [1.807, 2.05) is 0 Å². The third-order valence-electron chi connectivity index (χ3n) is 6.69. The number of benzene rings is 1. The van der Waals surface area contributed by atoms with E-state index in [0.29, 0.717) is 22.5 Å². The first-order chi connectivity index (χ1) is 17.1. The van der Waals surface area contributed by atoms with Gasteiger partial charge in [-0.15, -0.1) is 0 Å². The van der Waals surface area contributed by atoms with E-state index in [0.717, 1.165) is 17.3 Å². The lowest BCUT2D eigenvalue weighted by Gasteiger charge is -2.42. The fourth-order valence-corrected chi connectivity index (χ4v) is 7.30. The average molecular weight is 554 g/mol. The molecule has 14 heteroatoms. The van der Waals surface area contributed by atoms with Crippen LogP contribution in [0.2, 0.25) is 5.02 Å². The maximum absolute atomic E-state index is 13.5. The molecule has 2 fully saturated rings. The Kier molecular flexibility index (Phi) is 6.94. The van der Waals surface area contributed by atoms with Gasteiger partial charge in [-0.1, -0.05) is 23.4 Å². The molecule has 1 aromatic heterocycles. The van der Waals surface area contributed by atoms with E-state index >= 15 is 0 Å². The Hall–Kier alpha value is -2.32. The summed E-state index contributed by atoms with van der Waals surface area (Å²) in [6, 6.07) is 5.93. The largest absolute Gasteiger partial charge is 0.349 e. The molecular weight excluding hydrogens is 526 g/mol. The monoisotopic (exact) mass is 553 g/mol. The lowest BCUT2D eigenvalue weighted by atomic mass is 10.1. The SMILES string of the molecule is CN(C)C(=O)CC1CN(S(=O)(=O)c2cc3cc(Cl)ccc3[nH]2)CCN1C(=O)N1CCC2NCSC2=N1. The highest BCUT2D eigenvalue weighted by Crippen LogP contribution is 2.28. The van der Waals surface area contributed by atoms with Gasteiger partial charge in [0.1, 0.15) is 10.1 Å². The molecule has 4 heterocycles. The number of rotatable bonds is 4. The van der Waals surface area contributed by atoms with Gasteiger partial charge in [-0.2, -0.15) is 9.41 Å². The van der Waals surface area contributed by atoms with Gasteiger partial charge in [-0.3, -0.25) is 10.1 Å². The van der Waals surface area contributed by atoms with Crippen LogP contribution in [-0.4, -0.2) is 108 Å². The average Bonchev–Trinajstić information content (AvgIpc) is 3.50. The summed E-state index contributed by atoms with van der Waals surface area (Å²) in [5.74, 6) is 0.583. The zero-order valence-electron chi connectivity index (χ0n) is 20.0. The van der Waals surface area contributed by atoms with Crippen molar-refractivity contribution in [1.82, 2.24) is 29.4 Å². The lowest BCUT2D eigenvalue weighted by Crippen LogP contribution is -2.60. The second-order valence-corrected chi connectivity index (χ2v) is 12.6. The summed E-state index contributed by atoms with van der Waals surface area (Å²) in [4.78, 5) is 32.1. The number of carbonyl (C=O) groups is 2. The molecule has 0 saturated carbocycles. The summed E-state index contributed by atoms with van der Waals surface area (Å²) in [5.41, 5.74) is 0.660. The molecule has 3 aliphatic rings. The minimum atomic E-state index is -3.89. The molecule has 2 aromatic rings. The van der Waals surface area contributed by atoms with Crippen molar-refractivity contribution < 1.29 is 18.0 Å². The number of carbonyl (C=O) groups excluding carboxylic acids is 2. The van der Waals surface area contributed by atoms with Crippen LogP contribution in [0, 0.1) is 0 Å². The predicted octanol–water partition coefficient (Wildman–Crippen LogP) is 1.78. The van der Waals surface area contributed by atoms with Crippen LogP contribution in [0.5, 0.6) is 0 Å². The van der Waals surface area contributed by atoms with E-state index in [-0.39, 0.29) is 49.1 Å². The molecule has 0 spiro atoms. The molecule has 3 amide bonds. The van der Waals surface area contributed by atoms with Crippen molar-refractivity contribution in [2.75, 3.05) is 46.2 Å². The molecular formula is C22H28ClN7O4S2. The molecule has 2 atom stereocenters. The normalized spacial score (nSPS) is 23.0. The van der Waals surface area contributed by atoms with Crippen LogP contribution in [0.4, 0.5) is 4.79 Å². The molecule has 2 unspecified atom stereocenters. The molecule has 3 aliphatic heterocycles. The number of H-pyrrole nitrogens is 1. The van der Waals surface area contributed by atoms with Crippen molar-refractivity contribution >= 4 is 61.3 Å². The van der Waals surface area contributed by atoms with Crippen LogP contribution in [0.1, 0.15) is 12.8 Å². The van der Waals surface area contributed by atoms with E-state index in [1.165, 1.54) is 14.2 Å². The van der Waals surface area contributed by atoms with Crippen molar-refractivity contribution in [2.24, 2.45) is 5.10 Å². The Morgan fingerprint density at radius 3 is 2.81 bits per heavy atom. The minimum absolute atomic E-state index is 0.00706. The van der Waals surface area contributed by atoms with E-state index in [4.69, 9.17) is 11.6 Å². The number of sulfonamides is 1. The van der Waals surface area contributed by atoms with Gasteiger partial charge in [-0.25, -0.2) is 18.2 Å². The van der Waals surface area contributed by atoms with Crippen molar-refractivity contribution in [2.45, 2.75) is 30.0 Å². The number of urea groups is 1. The quantitative estimate of drug-likeness (QED) is 0.595. The highest BCUT2D eigenvalue weighted by atomic mass is 35.5. The van der Waals surface area contributed by atoms with Crippen LogP contribution < -0.4 is 5.32 Å². The van der Waals surface area contributed by atoms with Gasteiger partial charge in [-0.05, 0) is 30.7 Å². The fourth-order valence-electron chi connectivity index (χ4n) is 4.65. The van der Waals surface area contributed by atoms with E-state index < -0.39 is 16.1 Å². The molecule has 36 heavy (non-hydrogen) atoms. The first-order valence-corrected chi connectivity index (χ1v) is 14.5. The van der Waals surface area contributed by atoms with Gasteiger partial charge in [0.2, 0.25) is 5.91 Å². The standard InChI is InChI=1S/C22H28ClN7O4S2/c1-27(2)20(31)11-16-12-28(36(33,34)19-10-14-9-15(23)3-4-17(14)25-19)7-8-29(16)22(32)30-6-5-18-21(26-30)35-13-24-18/h3-4,9-10,16,18,24-25H,5-8,11-13H2,1-2H3. The topological polar surface area (TPSA) is 121 Å². The first-order valence-electron chi connectivity index (χ1n) is 11.6. The Labute approximate surface area is 218 Å². The predicted molar refractivity (Wildman–Crippen MR) is 139 cm³/mol. The number of thioether (sulfide) groups is 1. The molecule has 0 aliphatic carbocycles. The number of nitrogens with one attached hydrogen (secondary N) is 2. The first kappa shape index (κ1) is 25.3. The highest BCUT2D eigenvalue weighted by Gasteiger charge is 2.41. The maximum Gasteiger partial charge on any atom is 0.340 e. The van der Waals surface area contributed by atoms with Gasteiger partial charge in [0, 0.05) is 68.5 Å². The van der Waals surface area contributed by atoms with Crippen molar-refractivity contribution in [3.63, 3.8) is 0 Å². The number of hydrazone groups is 1. The van der Waals surface area contributed by atoms with E-state index in [2.05, 4.69) is 15.4 Å². The molecule has 0 radical (unpaired) electrons. The molecule has 1 aromatic carbocycles. The van der Waals surface area contributed by atoms with Crippen molar-refractivity contribution in [3.8, 4) is 0 Å². The summed E-state index contributed by atoms with van der Waals surface area (Å²) in [7, 11) is -0.610. The van der Waals surface area contributed by atoms with E-state index in [1.54, 1.807) is 55.0 Å².